The Kier molecular flexibility index (Phi) is 6.42. The van der Waals surface area contributed by atoms with Gasteiger partial charge in [-0.05, 0) is 35.9 Å². The predicted molar refractivity (Wildman–Crippen MR) is 104 cm³/mol. The Morgan fingerprint density at radius 3 is 2.33 bits per heavy atom. The Labute approximate surface area is 160 Å². The van der Waals surface area contributed by atoms with Crippen LogP contribution in [0.4, 0.5) is 5.69 Å². The molecule has 0 unspecified atom stereocenters. The molecule has 0 atom stereocenters. The van der Waals surface area contributed by atoms with Gasteiger partial charge < -0.3 is 5.32 Å². The van der Waals surface area contributed by atoms with Crippen molar-refractivity contribution in [3.63, 3.8) is 0 Å². The van der Waals surface area contributed by atoms with Crippen molar-refractivity contribution >= 4 is 52.2 Å². The van der Waals surface area contributed by atoms with Crippen molar-refractivity contribution in [2.75, 3.05) is 5.32 Å². The molecule has 0 saturated heterocycles. The van der Waals surface area contributed by atoms with Crippen LogP contribution in [0.1, 0.15) is 10.4 Å². The average Bonchev–Trinajstić information content (AvgIpc) is 2.56. The Morgan fingerprint density at radius 2 is 1.62 bits per heavy atom. The van der Waals surface area contributed by atoms with Crippen LogP contribution >= 0.6 is 23.2 Å². The van der Waals surface area contributed by atoms with Gasteiger partial charge in [-0.1, -0.05) is 53.5 Å². The minimum absolute atomic E-state index is 0. The molecule has 1 N–H and O–H groups in total. The van der Waals surface area contributed by atoms with Gasteiger partial charge in [-0.15, -0.1) is 0 Å². The summed E-state index contributed by atoms with van der Waals surface area (Å²) in [5, 5.41) is 3.72. The number of benzene rings is 2. The molecule has 120 valence electrons. The molecule has 3 aromatic rings. The predicted octanol–water partition coefficient (Wildman–Crippen LogP) is 4.12. The van der Waals surface area contributed by atoms with E-state index in [2.05, 4.69) is 10.3 Å². The van der Waals surface area contributed by atoms with Gasteiger partial charge in [0.25, 0.3) is 5.91 Å². The minimum atomic E-state index is -0.301. The first-order chi connectivity index (χ1) is 11.1. The Bertz CT molecular complexity index is 854. The van der Waals surface area contributed by atoms with Crippen LogP contribution in [0, 0.1) is 0 Å². The molecule has 0 fully saturated rings. The highest BCUT2D eigenvalue weighted by molar-refractivity contribution is 6.33. The lowest BCUT2D eigenvalue weighted by Crippen LogP contribution is -2.13. The highest BCUT2D eigenvalue weighted by atomic mass is 35.5. The zero-order valence-corrected chi connectivity index (χ0v) is 13.5. The molecule has 2 aromatic carbocycles. The summed E-state index contributed by atoms with van der Waals surface area (Å²) in [5.74, 6) is -0.301. The number of anilines is 1. The van der Waals surface area contributed by atoms with E-state index in [1.807, 2.05) is 48.5 Å². The lowest BCUT2D eigenvalue weighted by atomic mass is 10.0. The largest absolute Gasteiger partial charge is 0.321 e. The minimum Gasteiger partial charge on any atom is -0.321 e. The van der Waals surface area contributed by atoms with Crippen LogP contribution in [0.5, 0.6) is 0 Å². The Morgan fingerprint density at radius 1 is 0.917 bits per heavy atom. The molecule has 1 amide bonds. The molecule has 0 radical (unpaired) electrons. The summed E-state index contributed by atoms with van der Waals surface area (Å²) in [6.45, 7) is 0. The Hall–Kier alpha value is -1.83. The maximum Gasteiger partial charge on any atom is 0.258 e. The van der Waals surface area contributed by atoms with Crippen molar-refractivity contribution < 1.29 is 4.79 Å². The van der Waals surface area contributed by atoms with Crippen molar-refractivity contribution in [2.45, 2.75) is 0 Å². The van der Waals surface area contributed by atoms with Gasteiger partial charge in [0.15, 0.2) is 17.4 Å². The monoisotopic (exact) mass is 372 g/mol. The van der Waals surface area contributed by atoms with Crippen LogP contribution in [-0.2, 0) is 0 Å². The van der Waals surface area contributed by atoms with Gasteiger partial charge in [-0.3, -0.25) is 4.79 Å². The van der Waals surface area contributed by atoms with Crippen LogP contribution in [0.3, 0.4) is 0 Å². The van der Waals surface area contributed by atoms with Gasteiger partial charge >= 0.3 is 0 Å². The molecule has 0 bridgehead atoms. The summed E-state index contributed by atoms with van der Waals surface area (Å²) < 4.78 is 0. The van der Waals surface area contributed by atoms with E-state index in [-0.39, 0.29) is 28.4 Å². The third-order valence-corrected chi connectivity index (χ3v) is 3.89. The highest BCUT2D eigenvalue weighted by Gasteiger charge is 2.13. The summed E-state index contributed by atoms with van der Waals surface area (Å²) in [6, 6.07) is 18.3. The number of hydrogen-bond donors (Lipinski definition) is 1. The van der Waals surface area contributed by atoms with E-state index in [1.165, 1.54) is 0 Å². The van der Waals surface area contributed by atoms with Crippen LogP contribution in [0.2, 0.25) is 10.2 Å². The molecule has 0 aliphatic heterocycles. The van der Waals surface area contributed by atoms with Crippen molar-refractivity contribution in [3.8, 4) is 11.1 Å². The van der Waals surface area contributed by atoms with Crippen LogP contribution < -0.4 is 5.32 Å². The van der Waals surface area contributed by atoms with Gasteiger partial charge in [0.2, 0.25) is 0 Å². The summed E-state index contributed by atoms with van der Waals surface area (Å²) in [5.41, 5.74) is 2.89. The number of nitrogens with one attached hydrogen (secondary N) is 1. The number of nitrogens with zero attached hydrogens (tertiary/aromatic N) is 1. The first-order valence-corrected chi connectivity index (χ1v) is 7.67. The van der Waals surface area contributed by atoms with Crippen molar-refractivity contribution in [1.29, 1.82) is 0 Å². The first kappa shape index (κ1) is 18.5. The SMILES string of the molecule is O=C(Nc1ccccc1-c1ccc(Cl)cc1)c1cccnc1Cl.[AlH3]. The third kappa shape index (κ3) is 4.17. The molecular formula is C18H15AlCl2N2O. The summed E-state index contributed by atoms with van der Waals surface area (Å²) >= 11 is 11.9. The quantitative estimate of drug-likeness (QED) is 0.554. The fourth-order valence-corrected chi connectivity index (χ4v) is 2.55. The van der Waals surface area contributed by atoms with Crippen molar-refractivity contribution in [3.05, 3.63) is 82.6 Å². The zero-order chi connectivity index (χ0) is 16.2. The number of carbonyl (C=O) groups is 1. The number of amides is 1. The van der Waals surface area contributed by atoms with E-state index in [0.717, 1.165) is 11.1 Å². The van der Waals surface area contributed by atoms with E-state index < -0.39 is 0 Å². The second kappa shape index (κ2) is 8.32. The number of aromatic nitrogens is 1. The molecular weight excluding hydrogens is 358 g/mol. The topological polar surface area (TPSA) is 42.0 Å². The van der Waals surface area contributed by atoms with Gasteiger partial charge in [-0.25, -0.2) is 4.98 Å². The normalized spacial score (nSPS) is 9.92. The van der Waals surface area contributed by atoms with Gasteiger partial charge in [0.1, 0.15) is 5.15 Å². The van der Waals surface area contributed by atoms with Crippen LogP contribution in [0.25, 0.3) is 11.1 Å². The molecule has 3 rings (SSSR count). The molecule has 0 spiro atoms. The molecule has 24 heavy (non-hydrogen) atoms. The lowest BCUT2D eigenvalue weighted by Gasteiger charge is -2.12. The fraction of sp³-hybridized carbons (Fsp3) is 0. The molecule has 0 aliphatic rings. The second-order valence-corrected chi connectivity index (χ2v) is 5.64. The molecule has 3 nitrogen and oxygen atoms in total. The van der Waals surface area contributed by atoms with Crippen molar-refractivity contribution in [1.82, 2.24) is 4.98 Å². The van der Waals surface area contributed by atoms with E-state index in [4.69, 9.17) is 23.2 Å². The zero-order valence-electron chi connectivity index (χ0n) is 12.0. The number of carbonyl (C=O) groups excluding carboxylic acids is 1. The van der Waals surface area contributed by atoms with E-state index in [0.29, 0.717) is 16.3 Å². The number of hydrogen-bond acceptors (Lipinski definition) is 2. The van der Waals surface area contributed by atoms with E-state index in [1.54, 1.807) is 18.3 Å². The molecule has 1 aromatic heterocycles. The number of pyridine rings is 1. The maximum atomic E-state index is 12.4. The first-order valence-electron chi connectivity index (χ1n) is 6.92. The van der Waals surface area contributed by atoms with Gasteiger partial charge in [0, 0.05) is 22.5 Å². The number of rotatable bonds is 3. The second-order valence-electron chi connectivity index (χ2n) is 4.85. The third-order valence-electron chi connectivity index (χ3n) is 3.33. The lowest BCUT2D eigenvalue weighted by molar-refractivity contribution is 0.102. The molecule has 0 aliphatic carbocycles. The summed E-state index contributed by atoms with van der Waals surface area (Å²) in [4.78, 5) is 16.3. The summed E-state index contributed by atoms with van der Waals surface area (Å²) in [7, 11) is 0. The van der Waals surface area contributed by atoms with Crippen LogP contribution in [0.15, 0.2) is 66.9 Å². The van der Waals surface area contributed by atoms with E-state index in [9.17, 15) is 4.79 Å². The fourth-order valence-electron chi connectivity index (χ4n) is 2.22. The molecule has 1 heterocycles. The average molecular weight is 373 g/mol. The van der Waals surface area contributed by atoms with Crippen molar-refractivity contribution in [2.24, 2.45) is 0 Å². The highest BCUT2D eigenvalue weighted by Crippen LogP contribution is 2.29. The standard InChI is InChI=1S/C18H12Cl2N2O.Al.3H/c19-13-9-7-12(8-10-13)14-4-1-2-6-16(14)22-18(23)15-5-3-11-21-17(15)20;;;;/h1-11H,(H,22,23);;;;. The molecule has 0 saturated carbocycles. The van der Waals surface area contributed by atoms with E-state index >= 15 is 0 Å². The smallest absolute Gasteiger partial charge is 0.258 e. The number of para-hydroxylation sites is 1. The van der Waals surface area contributed by atoms with Gasteiger partial charge in [0.05, 0.1) is 5.56 Å². The van der Waals surface area contributed by atoms with Gasteiger partial charge in [-0.2, -0.15) is 0 Å². The Balaban J connectivity index is 0.00000208. The summed E-state index contributed by atoms with van der Waals surface area (Å²) in [6.07, 6.45) is 1.54. The maximum absolute atomic E-state index is 12.4. The number of halogens is 2. The molecule has 6 heteroatoms. The van der Waals surface area contributed by atoms with Crippen LogP contribution in [-0.4, -0.2) is 28.3 Å².